The Morgan fingerprint density at radius 1 is 0.789 bits per heavy atom. The SMILES string of the molecule is C=C.C=C.CCOC(C)COC(C)COC(C)CO. The fourth-order valence-electron chi connectivity index (χ4n) is 1.03. The normalized spacial score (nSPS) is 14.2. The molecule has 3 unspecified atom stereocenters. The van der Waals surface area contributed by atoms with Gasteiger partial charge in [-0.05, 0) is 27.7 Å². The van der Waals surface area contributed by atoms with Gasteiger partial charge in [-0.2, -0.15) is 0 Å². The summed E-state index contributed by atoms with van der Waals surface area (Å²) in [6.07, 6.45) is 0.0231. The van der Waals surface area contributed by atoms with Crippen molar-refractivity contribution in [1.29, 1.82) is 0 Å². The summed E-state index contributed by atoms with van der Waals surface area (Å²) < 4.78 is 16.2. The predicted octanol–water partition coefficient (Wildman–Crippen LogP) is 2.82. The summed E-state index contributed by atoms with van der Waals surface area (Å²) >= 11 is 0. The monoisotopic (exact) mass is 276 g/mol. The van der Waals surface area contributed by atoms with Crippen LogP contribution in [0.1, 0.15) is 27.7 Å². The Bertz CT molecular complexity index is 162. The largest absolute Gasteiger partial charge is 0.394 e. The van der Waals surface area contributed by atoms with E-state index in [1.807, 2.05) is 27.7 Å². The molecule has 3 atom stereocenters. The summed E-state index contributed by atoms with van der Waals surface area (Å²) in [5.41, 5.74) is 0. The Hall–Kier alpha value is -0.680. The molecular weight excluding hydrogens is 244 g/mol. The molecule has 0 rings (SSSR count). The van der Waals surface area contributed by atoms with Crippen LogP contribution in [0, 0.1) is 0 Å². The lowest BCUT2D eigenvalue weighted by molar-refractivity contribution is -0.0729. The molecule has 19 heavy (non-hydrogen) atoms. The van der Waals surface area contributed by atoms with E-state index < -0.39 is 0 Å². The summed E-state index contributed by atoms with van der Waals surface area (Å²) in [4.78, 5) is 0. The third kappa shape index (κ3) is 19.8. The van der Waals surface area contributed by atoms with Crippen molar-refractivity contribution in [3.63, 3.8) is 0 Å². The smallest absolute Gasteiger partial charge is 0.0781 e. The van der Waals surface area contributed by atoms with Crippen molar-refractivity contribution in [2.45, 2.75) is 46.0 Å². The van der Waals surface area contributed by atoms with E-state index in [-0.39, 0.29) is 24.9 Å². The third-order valence-electron chi connectivity index (χ3n) is 1.94. The Balaban J connectivity index is -0.000000579. The van der Waals surface area contributed by atoms with Gasteiger partial charge >= 0.3 is 0 Å². The van der Waals surface area contributed by atoms with Gasteiger partial charge in [0.15, 0.2) is 0 Å². The molecule has 4 heteroatoms. The van der Waals surface area contributed by atoms with Crippen LogP contribution in [0.25, 0.3) is 0 Å². The summed E-state index contributed by atoms with van der Waals surface area (Å²) in [5.74, 6) is 0. The maximum atomic E-state index is 8.75. The Kier molecular flexibility index (Phi) is 24.2. The molecule has 0 saturated carbocycles. The van der Waals surface area contributed by atoms with E-state index in [0.717, 1.165) is 0 Å². The molecule has 0 aliphatic carbocycles. The molecule has 0 spiro atoms. The Morgan fingerprint density at radius 2 is 1.16 bits per heavy atom. The zero-order valence-corrected chi connectivity index (χ0v) is 13.1. The molecule has 0 aromatic carbocycles. The van der Waals surface area contributed by atoms with Crippen molar-refractivity contribution in [2.24, 2.45) is 0 Å². The van der Waals surface area contributed by atoms with Crippen LogP contribution in [0.15, 0.2) is 26.3 Å². The molecule has 0 heterocycles. The first kappa shape index (κ1) is 23.4. The first-order chi connectivity index (χ1) is 9.10. The molecule has 116 valence electrons. The average Bonchev–Trinajstić information content (AvgIpc) is 2.47. The van der Waals surface area contributed by atoms with E-state index >= 15 is 0 Å². The van der Waals surface area contributed by atoms with Crippen LogP contribution in [0.3, 0.4) is 0 Å². The van der Waals surface area contributed by atoms with Gasteiger partial charge in [0.1, 0.15) is 0 Å². The highest BCUT2D eigenvalue weighted by molar-refractivity contribution is 4.54. The second-order valence-electron chi connectivity index (χ2n) is 3.74. The topological polar surface area (TPSA) is 47.9 Å². The summed E-state index contributed by atoms with van der Waals surface area (Å²) in [7, 11) is 0. The molecular formula is C15H32O4. The third-order valence-corrected chi connectivity index (χ3v) is 1.94. The molecule has 4 nitrogen and oxygen atoms in total. The number of ether oxygens (including phenoxy) is 3. The van der Waals surface area contributed by atoms with Crippen LogP contribution in [-0.4, -0.2) is 49.8 Å². The average molecular weight is 276 g/mol. The zero-order valence-electron chi connectivity index (χ0n) is 13.1. The van der Waals surface area contributed by atoms with Gasteiger partial charge in [-0.15, -0.1) is 26.3 Å². The second kappa shape index (κ2) is 19.7. The van der Waals surface area contributed by atoms with Crippen LogP contribution >= 0.6 is 0 Å². The first-order valence-electron chi connectivity index (χ1n) is 6.55. The van der Waals surface area contributed by atoms with Crippen LogP contribution in [0.4, 0.5) is 0 Å². The van der Waals surface area contributed by atoms with Gasteiger partial charge in [0.2, 0.25) is 0 Å². The molecule has 0 radical (unpaired) electrons. The van der Waals surface area contributed by atoms with Gasteiger partial charge < -0.3 is 19.3 Å². The van der Waals surface area contributed by atoms with Crippen molar-refractivity contribution in [3.8, 4) is 0 Å². The highest BCUT2D eigenvalue weighted by atomic mass is 16.6. The molecule has 0 aliphatic rings. The number of hydrogen-bond acceptors (Lipinski definition) is 4. The van der Waals surface area contributed by atoms with Gasteiger partial charge in [-0.25, -0.2) is 0 Å². The zero-order chi connectivity index (χ0) is 15.7. The summed E-state index contributed by atoms with van der Waals surface area (Å²) in [6.45, 7) is 21.5. The molecule has 0 saturated heterocycles. The highest BCUT2D eigenvalue weighted by Crippen LogP contribution is 1.99. The molecule has 0 aromatic heterocycles. The molecule has 0 bridgehead atoms. The minimum absolute atomic E-state index is 0.0295. The van der Waals surface area contributed by atoms with Crippen molar-refractivity contribution < 1.29 is 19.3 Å². The van der Waals surface area contributed by atoms with Gasteiger partial charge in [0.05, 0.1) is 38.1 Å². The standard InChI is InChI=1S/C11H24O4.2C2H4/c1-5-13-10(3)7-15-11(4)8-14-9(2)6-12;2*1-2/h9-12H,5-8H2,1-4H3;2*1-2H2. The Morgan fingerprint density at radius 3 is 1.53 bits per heavy atom. The molecule has 1 N–H and O–H groups in total. The van der Waals surface area contributed by atoms with Crippen LogP contribution in [0.2, 0.25) is 0 Å². The minimum Gasteiger partial charge on any atom is -0.394 e. The van der Waals surface area contributed by atoms with Gasteiger partial charge in [0, 0.05) is 6.61 Å². The van der Waals surface area contributed by atoms with E-state index in [0.29, 0.717) is 19.8 Å². The minimum atomic E-state index is -0.125. The Labute approximate surface area is 119 Å². The van der Waals surface area contributed by atoms with E-state index in [2.05, 4.69) is 26.3 Å². The lowest BCUT2D eigenvalue weighted by atomic mass is 10.4. The van der Waals surface area contributed by atoms with Crippen LogP contribution in [0.5, 0.6) is 0 Å². The molecule has 0 amide bonds. The maximum Gasteiger partial charge on any atom is 0.0781 e. The molecule has 0 aliphatic heterocycles. The fraction of sp³-hybridized carbons (Fsp3) is 0.733. The number of aliphatic hydroxyl groups is 1. The van der Waals surface area contributed by atoms with Gasteiger partial charge in [-0.1, -0.05) is 0 Å². The van der Waals surface area contributed by atoms with Crippen LogP contribution < -0.4 is 0 Å². The predicted molar refractivity (Wildman–Crippen MR) is 81.5 cm³/mol. The van der Waals surface area contributed by atoms with Crippen molar-refractivity contribution in [3.05, 3.63) is 26.3 Å². The molecule has 0 aromatic rings. The second-order valence-corrected chi connectivity index (χ2v) is 3.74. The van der Waals surface area contributed by atoms with E-state index in [4.69, 9.17) is 19.3 Å². The van der Waals surface area contributed by atoms with Gasteiger partial charge in [0.25, 0.3) is 0 Å². The number of rotatable bonds is 9. The number of hydrogen-bond donors (Lipinski definition) is 1. The van der Waals surface area contributed by atoms with E-state index in [9.17, 15) is 0 Å². The quantitative estimate of drug-likeness (QED) is 0.658. The lowest BCUT2D eigenvalue weighted by Crippen LogP contribution is -2.26. The summed E-state index contributed by atoms with van der Waals surface area (Å²) in [5, 5.41) is 8.75. The van der Waals surface area contributed by atoms with Gasteiger partial charge in [-0.3, -0.25) is 0 Å². The fourth-order valence-corrected chi connectivity index (χ4v) is 1.03. The van der Waals surface area contributed by atoms with Crippen molar-refractivity contribution in [1.82, 2.24) is 0 Å². The van der Waals surface area contributed by atoms with E-state index in [1.54, 1.807) is 0 Å². The molecule has 0 fully saturated rings. The number of aliphatic hydroxyl groups excluding tert-OH is 1. The van der Waals surface area contributed by atoms with Crippen molar-refractivity contribution in [2.75, 3.05) is 26.4 Å². The highest BCUT2D eigenvalue weighted by Gasteiger charge is 2.08. The summed E-state index contributed by atoms with van der Waals surface area (Å²) in [6, 6.07) is 0. The van der Waals surface area contributed by atoms with Crippen LogP contribution in [-0.2, 0) is 14.2 Å². The maximum absolute atomic E-state index is 8.75. The first-order valence-corrected chi connectivity index (χ1v) is 6.55. The van der Waals surface area contributed by atoms with Crippen molar-refractivity contribution >= 4 is 0 Å². The van der Waals surface area contributed by atoms with E-state index in [1.165, 1.54) is 0 Å². The lowest BCUT2D eigenvalue weighted by Gasteiger charge is -2.18.